The predicted molar refractivity (Wildman–Crippen MR) is 98.3 cm³/mol. The molecule has 2 amide bonds. The first-order valence-electron chi connectivity index (χ1n) is 9.25. The Morgan fingerprint density at radius 2 is 1.71 bits per heavy atom. The fourth-order valence-electron chi connectivity index (χ4n) is 3.89. The molecule has 0 saturated carbocycles. The number of piperidine rings is 1. The highest BCUT2D eigenvalue weighted by molar-refractivity contribution is 5.76. The highest BCUT2D eigenvalue weighted by atomic mass is 16.2. The summed E-state index contributed by atoms with van der Waals surface area (Å²) in [6.07, 6.45) is 2.16. The van der Waals surface area contributed by atoms with Crippen LogP contribution in [0.25, 0.3) is 0 Å². The zero-order valence-corrected chi connectivity index (χ0v) is 15.5. The average Bonchev–Trinajstić information content (AvgIpc) is 3.00. The van der Waals surface area contributed by atoms with Crippen LogP contribution in [0.4, 0.5) is 4.79 Å². The molecule has 2 aliphatic heterocycles. The van der Waals surface area contributed by atoms with Crippen LogP contribution in [0.5, 0.6) is 0 Å². The number of carbonyl (C=O) groups is 1. The lowest BCUT2D eigenvalue weighted by Crippen LogP contribution is -2.46. The van der Waals surface area contributed by atoms with E-state index >= 15 is 0 Å². The Morgan fingerprint density at radius 1 is 1.08 bits per heavy atom. The van der Waals surface area contributed by atoms with Gasteiger partial charge in [0.15, 0.2) is 0 Å². The van der Waals surface area contributed by atoms with E-state index < -0.39 is 0 Å². The Bertz CT molecular complexity index is 568. The first kappa shape index (κ1) is 17.3. The number of amides is 2. The van der Waals surface area contributed by atoms with Crippen LogP contribution < -0.4 is 5.32 Å². The molecule has 2 aliphatic rings. The number of carbonyl (C=O) groups excluding carboxylic acids is 1. The molecule has 1 unspecified atom stereocenters. The molecule has 24 heavy (non-hydrogen) atoms. The first-order valence-corrected chi connectivity index (χ1v) is 9.25. The second kappa shape index (κ2) is 6.75. The maximum Gasteiger partial charge on any atom is 0.317 e. The van der Waals surface area contributed by atoms with E-state index in [0.29, 0.717) is 12.1 Å². The molecule has 132 valence electrons. The molecule has 0 spiro atoms. The largest absolute Gasteiger partial charge is 0.336 e. The molecule has 2 heterocycles. The van der Waals surface area contributed by atoms with E-state index in [4.69, 9.17) is 0 Å². The summed E-state index contributed by atoms with van der Waals surface area (Å²) < 4.78 is 0. The summed E-state index contributed by atoms with van der Waals surface area (Å²) in [6, 6.07) is 10.1. The molecule has 0 bridgehead atoms. The van der Waals surface area contributed by atoms with Crippen molar-refractivity contribution in [3.63, 3.8) is 0 Å². The van der Waals surface area contributed by atoms with Gasteiger partial charge < -0.3 is 10.2 Å². The normalized spacial score (nSPS) is 21.8. The highest BCUT2D eigenvalue weighted by Gasteiger charge is 2.32. The van der Waals surface area contributed by atoms with Gasteiger partial charge in [-0.1, -0.05) is 45.0 Å². The number of hydrogen-bond acceptors (Lipinski definition) is 2. The van der Waals surface area contributed by atoms with Gasteiger partial charge in [-0.25, -0.2) is 4.79 Å². The van der Waals surface area contributed by atoms with Crippen LogP contribution in [0.15, 0.2) is 24.3 Å². The van der Waals surface area contributed by atoms with Crippen LogP contribution in [0.3, 0.4) is 0 Å². The van der Waals surface area contributed by atoms with Crippen molar-refractivity contribution >= 4 is 6.03 Å². The molecule has 1 atom stereocenters. The topological polar surface area (TPSA) is 35.6 Å². The van der Waals surface area contributed by atoms with E-state index in [9.17, 15) is 4.79 Å². The minimum absolute atomic E-state index is 0.124. The molecule has 2 fully saturated rings. The summed E-state index contributed by atoms with van der Waals surface area (Å²) in [4.78, 5) is 16.4. The Kier molecular flexibility index (Phi) is 4.86. The predicted octanol–water partition coefficient (Wildman–Crippen LogP) is 3.53. The molecule has 4 nitrogen and oxygen atoms in total. The third-order valence-electron chi connectivity index (χ3n) is 5.64. The summed E-state index contributed by atoms with van der Waals surface area (Å²) in [7, 11) is 0. The summed E-state index contributed by atoms with van der Waals surface area (Å²) in [6.45, 7) is 12.9. The van der Waals surface area contributed by atoms with Crippen molar-refractivity contribution in [3.8, 4) is 0 Å². The van der Waals surface area contributed by atoms with Gasteiger partial charge in [0.1, 0.15) is 0 Å². The van der Waals surface area contributed by atoms with Crippen LogP contribution in [0.2, 0.25) is 0 Å². The maximum atomic E-state index is 11.8. The smallest absolute Gasteiger partial charge is 0.317 e. The van der Waals surface area contributed by atoms with Crippen LogP contribution in [-0.4, -0.2) is 48.1 Å². The third-order valence-corrected chi connectivity index (χ3v) is 5.64. The van der Waals surface area contributed by atoms with Crippen molar-refractivity contribution in [1.29, 1.82) is 0 Å². The van der Waals surface area contributed by atoms with E-state index in [-0.39, 0.29) is 11.4 Å². The summed E-state index contributed by atoms with van der Waals surface area (Å²) in [5.41, 5.74) is 2.98. The summed E-state index contributed by atoms with van der Waals surface area (Å²) in [5.74, 6) is 0. The number of benzene rings is 1. The van der Waals surface area contributed by atoms with Crippen molar-refractivity contribution in [2.75, 3.05) is 26.2 Å². The van der Waals surface area contributed by atoms with Crippen LogP contribution in [-0.2, 0) is 5.41 Å². The van der Waals surface area contributed by atoms with Gasteiger partial charge in [-0.3, -0.25) is 4.90 Å². The first-order chi connectivity index (χ1) is 11.4. The van der Waals surface area contributed by atoms with Crippen LogP contribution in [0.1, 0.15) is 57.7 Å². The molecule has 1 N–H and O–H groups in total. The molecule has 1 aromatic rings. The van der Waals surface area contributed by atoms with Gasteiger partial charge in [0.2, 0.25) is 0 Å². The number of nitrogens with one attached hydrogen (secondary N) is 1. The second-order valence-corrected chi connectivity index (χ2v) is 8.24. The molecule has 4 heteroatoms. The molecule has 0 aliphatic carbocycles. The molecule has 0 radical (unpaired) electrons. The fraction of sp³-hybridized carbons (Fsp3) is 0.650. The number of rotatable bonds is 3. The SMILES string of the molecule is CC(c1ccc(C(C)(C)C)cc1)N1CCC(N2CCNC2=O)CC1. The lowest BCUT2D eigenvalue weighted by molar-refractivity contribution is 0.111. The van der Waals surface area contributed by atoms with Crippen LogP contribution >= 0.6 is 0 Å². The van der Waals surface area contributed by atoms with Crippen molar-refractivity contribution in [1.82, 2.24) is 15.1 Å². The number of hydrogen-bond donors (Lipinski definition) is 1. The van der Waals surface area contributed by atoms with E-state index in [0.717, 1.165) is 39.0 Å². The van der Waals surface area contributed by atoms with Crippen molar-refractivity contribution in [2.24, 2.45) is 0 Å². The third kappa shape index (κ3) is 3.59. The second-order valence-electron chi connectivity index (χ2n) is 8.24. The zero-order chi connectivity index (χ0) is 17.3. The Hall–Kier alpha value is -1.55. The maximum absolute atomic E-state index is 11.8. The van der Waals surface area contributed by atoms with Crippen molar-refractivity contribution in [3.05, 3.63) is 35.4 Å². The van der Waals surface area contributed by atoms with Gasteiger partial charge in [0, 0.05) is 38.3 Å². The number of urea groups is 1. The lowest BCUT2D eigenvalue weighted by Gasteiger charge is -2.39. The minimum atomic E-state index is 0.124. The van der Waals surface area contributed by atoms with Gasteiger partial charge in [0.05, 0.1) is 0 Å². The summed E-state index contributed by atoms with van der Waals surface area (Å²) >= 11 is 0. The lowest BCUT2D eigenvalue weighted by atomic mass is 9.86. The monoisotopic (exact) mass is 329 g/mol. The number of nitrogens with zero attached hydrogens (tertiary/aromatic N) is 2. The fourth-order valence-corrected chi connectivity index (χ4v) is 3.89. The molecular formula is C20H31N3O. The van der Waals surface area contributed by atoms with Crippen molar-refractivity contribution in [2.45, 2.75) is 58.0 Å². The Labute approximate surface area is 146 Å². The van der Waals surface area contributed by atoms with Gasteiger partial charge in [-0.15, -0.1) is 0 Å². The van der Waals surface area contributed by atoms with E-state index in [1.807, 2.05) is 4.90 Å². The quantitative estimate of drug-likeness (QED) is 0.921. The van der Waals surface area contributed by atoms with E-state index in [1.54, 1.807) is 0 Å². The average molecular weight is 329 g/mol. The number of likely N-dealkylation sites (tertiary alicyclic amines) is 1. The van der Waals surface area contributed by atoms with E-state index in [1.165, 1.54) is 11.1 Å². The molecular weight excluding hydrogens is 298 g/mol. The van der Waals surface area contributed by atoms with Gasteiger partial charge in [-0.2, -0.15) is 0 Å². The highest BCUT2D eigenvalue weighted by Crippen LogP contribution is 2.29. The van der Waals surface area contributed by atoms with E-state index in [2.05, 4.69) is 62.2 Å². The zero-order valence-electron chi connectivity index (χ0n) is 15.5. The standard InChI is InChI=1S/C20H31N3O/c1-15(16-5-7-17(8-6-16)20(2,3)4)22-12-9-18(10-13-22)23-14-11-21-19(23)24/h5-8,15,18H,9-14H2,1-4H3,(H,21,24). The molecule has 0 aromatic heterocycles. The van der Waals surface area contributed by atoms with Gasteiger partial charge >= 0.3 is 6.03 Å². The van der Waals surface area contributed by atoms with Crippen LogP contribution in [0, 0.1) is 0 Å². The molecule has 3 rings (SSSR count). The Morgan fingerprint density at radius 3 is 2.21 bits per heavy atom. The minimum Gasteiger partial charge on any atom is -0.336 e. The van der Waals surface area contributed by atoms with Gasteiger partial charge in [0.25, 0.3) is 0 Å². The molecule has 2 saturated heterocycles. The van der Waals surface area contributed by atoms with Crippen molar-refractivity contribution < 1.29 is 4.79 Å². The van der Waals surface area contributed by atoms with Gasteiger partial charge in [-0.05, 0) is 36.3 Å². The molecule has 1 aromatic carbocycles. The Balaban J connectivity index is 1.58. The summed E-state index contributed by atoms with van der Waals surface area (Å²) in [5, 5.41) is 2.92.